The normalized spacial score (nSPS) is 14.7. The second-order valence-corrected chi connectivity index (χ2v) is 8.91. The largest absolute Gasteiger partial charge is 0.492 e. The minimum absolute atomic E-state index is 0.143. The fourth-order valence-electron chi connectivity index (χ4n) is 3.18. The van der Waals surface area contributed by atoms with Crippen molar-refractivity contribution in [2.45, 2.75) is 6.61 Å². The summed E-state index contributed by atoms with van der Waals surface area (Å²) in [5.41, 5.74) is 1.49. The Hall–Kier alpha value is -2.93. The maximum Gasteiger partial charge on any atom is 0.293 e. The first-order valence-corrected chi connectivity index (χ1v) is 11.7. The van der Waals surface area contributed by atoms with Crippen molar-refractivity contribution in [2.24, 2.45) is 0 Å². The molecule has 3 aromatic carbocycles. The second kappa shape index (κ2) is 10.8. The van der Waals surface area contributed by atoms with Crippen molar-refractivity contribution in [3.05, 3.63) is 98.9 Å². The highest BCUT2D eigenvalue weighted by atomic mass is 35.5. The van der Waals surface area contributed by atoms with Gasteiger partial charge >= 0.3 is 0 Å². The van der Waals surface area contributed by atoms with E-state index in [1.54, 1.807) is 18.2 Å². The van der Waals surface area contributed by atoms with E-state index < -0.39 is 5.91 Å². The number of ether oxygens (including phenoxy) is 2. The molecule has 0 saturated carbocycles. The lowest BCUT2D eigenvalue weighted by Gasteiger charge is -2.14. The highest BCUT2D eigenvalue weighted by Gasteiger charge is 2.35. The Morgan fingerprint density at radius 3 is 2.33 bits per heavy atom. The van der Waals surface area contributed by atoms with Gasteiger partial charge in [-0.1, -0.05) is 71.7 Å². The summed E-state index contributed by atoms with van der Waals surface area (Å²) < 4.78 is 11.6. The fourth-order valence-corrected chi connectivity index (χ4v) is 4.59. The molecule has 0 aromatic heterocycles. The average Bonchev–Trinajstić information content (AvgIpc) is 3.07. The van der Waals surface area contributed by atoms with Crippen LogP contribution in [-0.4, -0.2) is 29.2 Å². The van der Waals surface area contributed by atoms with Crippen molar-refractivity contribution >= 4 is 52.2 Å². The molecular formula is C25H19Cl2NO4S. The molecule has 0 spiro atoms. The molecule has 33 heavy (non-hydrogen) atoms. The molecule has 1 aliphatic rings. The minimum atomic E-state index is -0.397. The summed E-state index contributed by atoms with van der Waals surface area (Å²) in [6.07, 6.45) is 1.58. The van der Waals surface area contributed by atoms with Gasteiger partial charge in [-0.15, -0.1) is 0 Å². The standard InChI is InChI=1S/C25H19Cl2NO4S/c26-19-13-18(23(21(27)15-19)32-16-17-7-3-1-4-8-17)14-22-24(29)28(25(30)33-22)11-12-31-20-9-5-2-6-10-20/h1-10,13-15H,11-12,16H2/b22-14-. The molecule has 0 aliphatic carbocycles. The van der Waals surface area contributed by atoms with Gasteiger partial charge in [0.2, 0.25) is 0 Å². The number of halogens is 2. The predicted octanol–water partition coefficient (Wildman–Crippen LogP) is 6.69. The molecule has 2 amide bonds. The fraction of sp³-hybridized carbons (Fsp3) is 0.120. The van der Waals surface area contributed by atoms with Crippen molar-refractivity contribution in [1.82, 2.24) is 4.90 Å². The number of carbonyl (C=O) groups is 2. The van der Waals surface area contributed by atoms with Gasteiger partial charge in [0.1, 0.15) is 24.7 Å². The molecule has 1 fully saturated rings. The Labute approximate surface area is 205 Å². The first-order valence-electron chi connectivity index (χ1n) is 10.1. The van der Waals surface area contributed by atoms with Crippen LogP contribution in [0.25, 0.3) is 6.08 Å². The molecule has 8 heteroatoms. The van der Waals surface area contributed by atoms with Crippen LogP contribution in [0.3, 0.4) is 0 Å². The molecule has 1 saturated heterocycles. The number of hydrogen-bond donors (Lipinski definition) is 0. The van der Waals surface area contributed by atoms with Crippen LogP contribution < -0.4 is 9.47 Å². The zero-order valence-electron chi connectivity index (χ0n) is 17.4. The van der Waals surface area contributed by atoms with Crippen LogP contribution in [0, 0.1) is 0 Å². The maximum atomic E-state index is 12.9. The van der Waals surface area contributed by atoms with E-state index in [1.807, 2.05) is 60.7 Å². The highest BCUT2D eigenvalue weighted by molar-refractivity contribution is 8.18. The number of rotatable bonds is 8. The quantitative estimate of drug-likeness (QED) is 0.323. The summed E-state index contributed by atoms with van der Waals surface area (Å²) in [6.45, 7) is 0.635. The van der Waals surface area contributed by atoms with Crippen molar-refractivity contribution in [3.8, 4) is 11.5 Å². The highest BCUT2D eigenvalue weighted by Crippen LogP contribution is 2.38. The summed E-state index contributed by atoms with van der Waals surface area (Å²) in [4.78, 5) is 26.8. The van der Waals surface area contributed by atoms with Crippen molar-refractivity contribution < 1.29 is 19.1 Å². The zero-order valence-corrected chi connectivity index (χ0v) is 19.7. The van der Waals surface area contributed by atoms with E-state index in [4.69, 9.17) is 32.7 Å². The van der Waals surface area contributed by atoms with Gasteiger partial charge in [0.25, 0.3) is 11.1 Å². The Morgan fingerprint density at radius 2 is 1.61 bits per heavy atom. The number of hydrogen-bond acceptors (Lipinski definition) is 5. The van der Waals surface area contributed by atoms with E-state index in [2.05, 4.69) is 0 Å². The monoisotopic (exact) mass is 499 g/mol. The molecule has 0 N–H and O–H groups in total. The predicted molar refractivity (Wildman–Crippen MR) is 132 cm³/mol. The van der Waals surface area contributed by atoms with Gasteiger partial charge in [-0.25, -0.2) is 0 Å². The molecule has 5 nitrogen and oxygen atoms in total. The lowest BCUT2D eigenvalue weighted by molar-refractivity contribution is -0.123. The average molecular weight is 500 g/mol. The van der Waals surface area contributed by atoms with Gasteiger partial charge < -0.3 is 9.47 Å². The molecular weight excluding hydrogens is 481 g/mol. The summed E-state index contributed by atoms with van der Waals surface area (Å²) in [6, 6.07) is 22.1. The van der Waals surface area contributed by atoms with E-state index in [0.29, 0.717) is 33.7 Å². The van der Waals surface area contributed by atoms with Crippen LogP contribution in [0.1, 0.15) is 11.1 Å². The Morgan fingerprint density at radius 1 is 0.909 bits per heavy atom. The lowest BCUT2D eigenvalue weighted by Crippen LogP contribution is -2.32. The third-order valence-electron chi connectivity index (χ3n) is 4.75. The van der Waals surface area contributed by atoms with Crippen LogP contribution >= 0.6 is 35.0 Å². The first-order chi connectivity index (χ1) is 16.0. The van der Waals surface area contributed by atoms with Crippen molar-refractivity contribution in [1.29, 1.82) is 0 Å². The smallest absolute Gasteiger partial charge is 0.293 e. The molecule has 168 valence electrons. The number of para-hydroxylation sites is 1. The summed E-state index contributed by atoms with van der Waals surface area (Å²) in [7, 11) is 0. The summed E-state index contributed by atoms with van der Waals surface area (Å²) >= 11 is 13.4. The van der Waals surface area contributed by atoms with Gasteiger partial charge in [-0.05, 0) is 47.7 Å². The molecule has 1 heterocycles. The van der Waals surface area contributed by atoms with Crippen LogP contribution in [0.4, 0.5) is 4.79 Å². The van der Waals surface area contributed by atoms with E-state index in [9.17, 15) is 9.59 Å². The van der Waals surface area contributed by atoms with E-state index in [1.165, 1.54) is 0 Å². The maximum absolute atomic E-state index is 12.9. The molecule has 0 atom stereocenters. The topological polar surface area (TPSA) is 55.8 Å². The Bertz CT molecular complexity index is 1190. The van der Waals surface area contributed by atoms with Gasteiger partial charge in [0.15, 0.2) is 0 Å². The SMILES string of the molecule is O=C1S/C(=C\c2cc(Cl)cc(Cl)c2OCc2ccccc2)C(=O)N1CCOc1ccccc1. The molecule has 4 rings (SSSR count). The number of carbonyl (C=O) groups excluding carboxylic acids is 2. The first kappa shape index (κ1) is 23.2. The Kier molecular flexibility index (Phi) is 7.60. The van der Waals surface area contributed by atoms with Crippen molar-refractivity contribution in [2.75, 3.05) is 13.2 Å². The number of amides is 2. The third-order valence-corrected chi connectivity index (χ3v) is 6.16. The minimum Gasteiger partial charge on any atom is -0.492 e. The third kappa shape index (κ3) is 5.90. The van der Waals surface area contributed by atoms with Gasteiger partial charge in [0, 0.05) is 10.6 Å². The van der Waals surface area contributed by atoms with Crippen molar-refractivity contribution in [3.63, 3.8) is 0 Å². The lowest BCUT2D eigenvalue weighted by atomic mass is 10.1. The van der Waals surface area contributed by atoms with Crippen LogP contribution in [-0.2, 0) is 11.4 Å². The summed E-state index contributed by atoms with van der Waals surface area (Å²) in [5.74, 6) is 0.671. The Balaban J connectivity index is 1.49. The van der Waals surface area contributed by atoms with E-state index in [-0.39, 0.29) is 23.3 Å². The number of thioether (sulfide) groups is 1. The zero-order chi connectivity index (χ0) is 23.2. The molecule has 1 aliphatic heterocycles. The second-order valence-electron chi connectivity index (χ2n) is 7.08. The molecule has 0 unspecified atom stereocenters. The molecule has 0 bridgehead atoms. The number of benzene rings is 3. The molecule has 0 radical (unpaired) electrons. The van der Waals surface area contributed by atoms with E-state index in [0.717, 1.165) is 22.2 Å². The number of nitrogens with zero attached hydrogens (tertiary/aromatic N) is 1. The van der Waals surface area contributed by atoms with Gasteiger partial charge in [-0.3, -0.25) is 14.5 Å². The van der Waals surface area contributed by atoms with Gasteiger partial charge in [0.05, 0.1) is 16.5 Å². The van der Waals surface area contributed by atoms with E-state index >= 15 is 0 Å². The van der Waals surface area contributed by atoms with Gasteiger partial charge in [-0.2, -0.15) is 0 Å². The van der Waals surface area contributed by atoms with Crippen LogP contribution in [0.2, 0.25) is 10.0 Å². The van der Waals surface area contributed by atoms with Crippen LogP contribution in [0.5, 0.6) is 11.5 Å². The van der Waals surface area contributed by atoms with Crippen LogP contribution in [0.15, 0.2) is 77.7 Å². The molecule has 3 aromatic rings. The number of imide groups is 1. The summed E-state index contributed by atoms with van der Waals surface area (Å²) in [5, 5.41) is 0.358.